The fraction of sp³-hybridized carbons (Fsp3) is 0.212. The van der Waals surface area contributed by atoms with Gasteiger partial charge in [0.05, 0.1) is 6.61 Å². The Morgan fingerprint density at radius 1 is 0.977 bits per heavy atom. The summed E-state index contributed by atoms with van der Waals surface area (Å²) in [5.74, 6) is 0.551. The molecule has 0 radical (unpaired) electrons. The van der Waals surface area contributed by atoms with Crippen molar-refractivity contribution < 1.29 is 19.4 Å². The Morgan fingerprint density at radius 2 is 1.67 bits per heavy atom. The maximum atomic E-state index is 14.3. The first-order chi connectivity index (χ1) is 21.1. The number of aliphatic imine (C=N–C) groups is 1. The van der Waals surface area contributed by atoms with Crippen molar-refractivity contribution in [2.45, 2.75) is 31.0 Å². The van der Waals surface area contributed by atoms with Crippen LogP contribution >= 0.6 is 0 Å². The maximum absolute atomic E-state index is 14.3. The largest absolute Gasteiger partial charge is 0.494 e. The second-order valence-electron chi connectivity index (χ2n) is 9.99. The zero-order valence-electron chi connectivity index (χ0n) is 23.5. The predicted octanol–water partition coefficient (Wildman–Crippen LogP) is 5.71. The molecule has 0 fully saturated rings. The molecule has 4 aromatic rings. The molecule has 0 aromatic heterocycles. The zero-order chi connectivity index (χ0) is 29.9. The quantitative estimate of drug-likeness (QED) is 0.0615. The number of carbonyl (C=O) groups is 1. The molecule has 0 bridgehead atoms. The fourth-order valence-corrected chi connectivity index (χ4v) is 4.94. The van der Waals surface area contributed by atoms with E-state index < -0.39 is 17.6 Å². The van der Waals surface area contributed by atoms with Crippen LogP contribution in [0.15, 0.2) is 119 Å². The Bertz CT molecular complexity index is 1590. The van der Waals surface area contributed by atoms with Gasteiger partial charge in [-0.1, -0.05) is 90.0 Å². The number of nitrogens with zero attached hydrogens (tertiary/aromatic N) is 4. The average Bonchev–Trinajstić information content (AvgIpc) is 3.44. The summed E-state index contributed by atoms with van der Waals surface area (Å²) < 4.78 is 12.2. The van der Waals surface area contributed by atoms with Crippen LogP contribution < -0.4 is 15.6 Å². The van der Waals surface area contributed by atoms with Crippen LogP contribution in [0.25, 0.3) is 10.4 Å². The van der Waals surface area contributed by atoms with Crippen LogP contribution in [0.2, 0.25) is 0 Å². The van der Waals surface area contributed by atoms with Crippen molar-refractivity contribution in [1.82, 2.24) is 10.9 Å². The number of azide groups is 1. The lowest BCUT2D eigenvalue weighted by molar-refractivity contribution is -0.130. The molecule has 0 aliphatic carbocycles. The van der Waals surface area contributed by atoms with E-state index in [4.69, 9.17) is 19.6 Å². The van der Waals surface area contributed by atoms with Gasteiger partial charge in [-0.05, 0) is 46.5 Å². The Hall–Kier alpha value is -5.15. The van der Waals surface area contributed by atoms with Crippen LogP contribution in [0.4, 0.5) is 5.69 Å². The van der Waals surface area contributed by atoms with Gasteiger partial charge in [0.1, 0.15) is 5.75 Å². The van der Waals surface area contributed by atoms with Crippen molar-refractivity contribution in [1.29, 1.82) is 0 Å². The second kappa shape index (κ2) is 14.2. The molecule has 3 N–H and O–H groups in total. The normalized spacial score (nSPS) is 17.3. The topological polar surface area (TPSA) is 141 Å². The first kappa shape index (κ1) is 29.3. The minimum Gasteiger partial charge on any atom is -0.494 e. The molecular weight excluding hydrogens is 544 g/mol. The van der Waals surface area contributed by atoms with Crippen LogP contribution in [0.5, 0.6) is 5.75 Å². The summed E-state index contributed by atoms with van der Waals surface area (Å²) in [6, 6.07) is 33.6. The molecular formula is C33H32N6O4. The van der Waals surface area contributed by atoms with Crippen molar-refractivity contribution in [3.63, 3.8) is 0 Å². The average molecular weight is 577 g/mol. The monoisotopic (exact) mass is 576 g/mol. The van der Waals surface area contributed by atoms with Crippen LogP contribution in [0, 0.1) is 0 Å². The number of hydrogen-bond acceptors (Lipinski definition) is 7. The highest BCUT2D eigenvalue weighted by molar-refractivity contribution is 6.01. The first-order valence-electron chi connectivity index (χ1n) is 14.0. The third kappa shape index (κ3) is 7.02. The van der Waals surface area contributed by atoms with Gasteiger partial charge in [0.2, 0.25) is 5.90 Å². The highest BCUT2D eigenvalue weighted by Gasteiger charge is 2.53. The predicted molar refractivity (Wildman–Crippen MR) is 164 cm³/mol. The number of rotatable bonds is 13. The van der Waals surface area contributed by atoms with Gasteiger partial charge in [-0.2, -0.15) is 0 Å². The number of aliphatic hydroxyl groups excluding tert-OH is 1. The molecule has 0 unspecified atom stereocenters. The molecule has 1 aliphatic heterocycles. The fourth-order valence-electron chi connectivity index (χ4n) is 4.94. The molecule has 10 nitrogen and oxygen atoms in total. The summed E-state index contributed by atoms with van der Waals surface area (Å²) in [5.41, 5.74) is 17.2. The number of amides is 1. The van der Waals surface area contributed by atoms with Crippen molar-refractivity contribution in [3.8, 4) is 5.75 Å². The summed E-state index contributed by atoms with van der Waals surface area (Å²) in [6.45, 7) is 0.854. The molecule has 43 heavy (non-hydrogen) atoms. The van der Waals surface area contributed by atoms with E-state index in [1.165, 1.54) is 0 Å². The molecule has 0 spiro atoms. The Balaban J connectivity index is 1.54. The minimum absolute atomic E-state index is 0.0523. The van der Waals surface area contributed by atoms with E-state index >= 15 is 0 Å². The third-order valence-electron chi connectivity index (χ3n) is 7.07. The molecule has 4 aromatic carbocycles. The Labute approximate surface area is 249 Å². The Morgan fingerprint density at radius 3 is 2.40 bits per heavy atom. The van der Waals surface area contributed by atoms with Crippen LogP contribution in [-0.4, -0.2) is 35.7 Å². The van der Waals surface area contributed by atoms with E-state index in [-0.39, 0.29) is 13.0 Å². The molecule has 218 valence electrons. The number of nitrogens with one attached hydrogen (secondary N) is 2. The summed E-state index contributed by atoms with van der Waals surface area (Å²) in [7, 11) is 0. The van der Waals surface area contributed by atoms with E-state index in [0.29, 0.717) is 48.0 Å². The molecule has 2 atom stereocenters. The van der Waals surface area contributed by atoms with Gasteiger partial charge >= 0.3 is 0 Å². The molecule has 0 saturated carbocycles. The number of benzene rings is 4. The number of hydrazine groups is 1. The van der Waals surface area contributed by atoms with Gasteiger partial charge in [0.25, 0.3) is 5.91 Å². The van der Waals surface area contributed by atoms with Crippen LogP contribution in [0.3, 0.4) is 0 Å². The van der Waals surface area contributed by atoms with Gasteiger partial charge in [-0.15, -0.1) is 0 Å². The molecule has 1 aliphatic rings. The lowest BCUT2D eigenvalue weighted by atomic mass is 9.81. The molecule has 5 rings (SSSR count). The third-order valence-corrected chi connectivity index (χ3v) is 7.07. The molecule has 1 amide bonds. The first-order valence-corrected chi connectivity index (χ1v) is 14.0. The Kier molecular flexibility index (Phi) is 9.66. The lowest BCUT2D eigenvalue weighted by Crippen LogP contribution is -2.53. The summed E-state index contributed by atoms with van der Waals surface area (Å²) in [5, 5.41) is 12.9. The van der Waals surface area contributed by atoms with Gasteiger partial charge in [-0.25, -0.2) is 10.4 Å². The molecule has 0 saturated heterocycles. The van der Waals surface area contributed by atoms with Gasteiger partial charge < -0.3 is 14.6 Å². The minimum atomic E-state index is -1.46. The van der Waals surface area contributed by atoms with E-state index in [0.717, 1.165) is 11.1 Å². The lowest BCUT2D eigenvalue weighted by Gasteiger charge is -2.31. The van der Waals surface area contributed by atoms with E-state index in [1.807, 2.05) is 84.9 Å². The SMILES string of the molecule is [N-]=[N+]=Nc1ccccc1C[C@]1(C(=O)NNCc2ccccc2)N=C(c2ccc(OCCCO)cc2)O[C@H]1c1ccccc1. The summed E-state index contributed by atoms with van der Waals surface area (Å²) in [6.07, 6.45) is -0.155. The van der Waals surface area contributed by atoms with Crippen molar-refractivity contribution in [2.24, 2.45) is 10.1 Å². The van der Waals surface area contributed by atoms with E-state index in [1.54, 1.807) is 24.3 Å². The number of ether oxygens (including phenoxy) is 2. The van der Waals surface area contributed by atoms with Crippen molar-refractivity contribution >= 4 is 17.5 Å². The smallest absolute Gasteiger partial charge is 0.266 e. The number of carbonyl (C=O) groups excluding carboxylic acids is 1. The number of hydrogen-bond donors (Lipinski definition) is 3. The van der Waals surface area contributed by atoms with Gasteiger partial charge in [-0.3, -0.25) is 10.2 Å². The summed E-state index contributed by atoms with van der Waals surface area (Å²) in [4.78, 5) is 22.3. The van der Waals surface area contributed by atoms with Crippen molar-refractivity contribution in [3.05, 3.63) is 142 Å². The summed E-state index contributed by atoms with van der Waals surface area (Å²) >= 11 is 0. The standard InChI is InChI=1S/C33H32N6O4/c34-39-37-29-15-8-7-14-27(29)22-33(32(41)38-35-23-24-10-3-1-4-11-24)30(25-12-5-2-6-13-25)43-31(36-33)26-16-18-28(19-17-26)42-21-9-20-40/h1-8,10-19,30,35,40H,9,20-23H2,(H,38,41)/t30-,33-/m0/s1. The van der Waals surface area contributed by atoms with Crippen LogP contribution in [0.1, 0.15) is 34.8 Å². The maximum Gasteiger partial charge on any atom is 0.266 e. The van der Waals surface area contributed by atoms with E-state index in [9.17, 15) is 10.3 Å². The molecule has 10 heteroatoms. The highest BCUT2D eigenvalue weighted by atomic mass is 16.5. The second-order valence-corrected chi connectivity index (χ2v) is 9.99. The van der Waals surface area contributed by atoms with Crippen molar-refractivity contribution in [2.75, 3.05) is 13.2 Å². The zero-order valence-corrected chi connectivity index (χ0v) is 23.5. The van der Waals surface area contributed by atoms with Crippen LogP contribution in [-0.2, 0) is 22.5 Å². The highest BCUT2D eigenvalue weighted by Crippen LogP contribution is 2.43. The number of aliphatic hydroxyl groups is 1. The van der Waals surface area contributed by atoms with Gasteiger partial charge in [0, 0.05) is 42.2 Å². The van der Waals surface area contributed by atoms with E-state index in [2.05, 4.69) is 20.9 Å². The molecule has 1 heterocycles. The van der Waals surface area contributed by atoms with Gasteiger partial charge in [0.15, 0.2) is 11.6 Å².